The highest BCUT2D eigenvalue weighted by Crippen LogP contribution is 2.18. The number of likely N-dealkylation sites (N-methyl/N-ethyl adjacent to an activating group) is 1. The lowest BCUT2D eigenvalue weighted by Gasteiger charge is -2.13. The van der Waals surface area contributed by atoms with Crippen LogP contribution in [0.1, 0.15) is 26.2 Å². The molecule has 0 saturated carbocycles. The summed E-state index contributed by atoms with van der Waals surface area (Å²) in [5.74, 6) is 0. The van der Waals surface area contributed by atoms with Gasteiger partial charge in [-0.15, -0.1) is 0 Å². The molecule has 0 aromatic rings. The van der Waals surface area contributed by atoms with Crippen LogP contribution in [0, 0.1) is 0 Å². The van der Waals surface area contributed by atoms with Crippen LogP contribution in [-0.4, -0.2) is 7.05 Å². The molecule has 0 aliphatic heterocycles. The molecule has 0 fully saturated rings. The van der Waals surface area contributed by atoms with Crippen molar-refractivity contribution in [1.82, 2.24) is 5.32 Å². The molecule has 56 valence electrons. The highest BCUT2D eigenvalue weighted by atomic mass is 14.8. The zero-order chi connectivity index (χ0) is 7.40. The lowest BCUT2D eigenvalue weighted by atomic mass is 10.0. The molecule has 1 nitrogen and oxygen atoms in total. The van der Waals surface area contributed by atoms with Crippen molar-refractivity contribution in [1.29, 1.82) is 0 Å². The summed E-state index contributed by atoms with van der Waals surface area (Å²) in [6.07, 6.45) is 8.05. The predicted molar refractivity (Wildman–Crippen MR) is 44.8 cm³/mol. The average molecular weight is 137 g/mol. The molecule has 0 amide bonds. The largest absolute Gasteiger partial charge is 0.388 e. The Kier molecular flexibility index (Phi) is 2.55. The van der Waals surface area contributed by atoms with Gasteiger partial charge in [-0.2, -0.15) is 0 Å². The second-order valence-electron chi connectivity index (χ2n) is 2.56. The van der Waals surface area contributed by atoms with Gasteiger partial charge in [0.2, 0.25) is 0 Å². The SMILES string of the molecule is CCC1=C(NC)C=CCC1. The maximum atomic E-state index is 3.20. The molecule has 0 spiro atoms. The molecule has 0 atom stereocenters. The Hall–Kier alpha value is -0.720. The van der Waals surface area contributed by atoms with E-state index in [2.05, 4.69) is 24.4 Å². The first-order valence-electron chi connectivity index (χ1n) is 3.94. The van der Waals surface area contributed by atoms with E-state index in [1.165, 1.54) is 25.0 Å². The number of hydrogen-bond acceptors (Lipinski definition) is 1. The van der Waals surface area contributed by atoms with Crippen LogP contribution in [0.3, 0.4) is 0 Å². The molecule has 1 heteroatoms. The van der Waals surface area contributed by atoms with E-state index in [1.807, 2.05) is 7.05 Å². The summed E-state index contributed by atoms with van der Waals surface area (Å²) in [5, 5.41) is 3.20. The standard InChI is InChI=1S/C9H15N/c1-3-8-6-4-5-7-9(8)10-2/h5,7,10H,3-4,6H2,1-2H3. The van der Waals surface area contributed by atoms with Gasteiger partial charge in [0.25, 0.3) is 0 Å². The lowest BCUT2D eigenvalue weighted by Crippen LogP contribution is -2.08. The van der Waals surface area contributed by atoms with Crippen LogP contribution in [0.15, 0.2) is 23.4 Å². The highest BCUT2D eigenvalue weighted by Gasteiger charge is 2.03. The van der Waals surface area contributed by atoms with Crippen LogP contribution < -0.4 is 5.32 Å². The topological polar surface area (TPSA) is 12.0 Å². The van der Waals surface area contributed by atoms with E-state index in [9.17, 15) is 0 Å². The normalized spacial score (nSPS) is 17.8. The van der Waals surface area contributed by atoms with Gasteiger partial charge in [-0.1, -0.05) is 13.0 Å². The summed E-state index contributed by atoms with van der Waals surface area (Å²) in [7, 11) is 1.99. The lowest BCUT2D eigenvalue weighted by molar-refractivity contribution is 0.833. The van der Waals surface area contributed by atoms with Crippen molar-refractivity contribution in [2.45, 2.75) is 26.2 Å². The van der Waals surface area contributed by atoms with Crippen LogP contribution in [0.5, 0.6) is 0 Å². The number of allylic oxidation sites excluding steroid dienone is 3. The molecule has 10 heavy (non-hydrogen) atoms. The minimum Gasteiger partial charge on any atom is -0.388 e. The van der Waals surface area contributed by atoms with Crippen molar-refractivity contribution < 1.29 is 0 Å². The fraction of sp³-hybridized carbons (Fsp3) is 0.556. The van der Waals surface area contributed by atoms with Gasteiger partial charge in [0, 0.05) is 12.7 Å². The third-order valence-corrected chi connectivity index (χ3v) is 1.97. The first-order chi connectivity index (χ1) is 4.88. The van der Waals surface area contributed by atoms with E-state index in [0.717, 1.165) is 0 Å². The van der Waals surface area contributed by atoms with Crippen LogP contribution >= 0.6 is 0 Å². The Labute approximate surface area is 62.8 Å². The van der Waals surface area contributed by atoms with Gasteiger partial charge < -0.3 is 5.32 Å². The molecular formula is C9H15N. The molecule has 0 radical (unpaired) electrons. The zero-order valence-corrected chi connectivity index (χ0v) is 6.78. The zero-order valence-electron chi connectivity index (χ0n) is 6.78. The monoisotopic (exact) mass is 137 g/mol. The maximum Gasteiger partial charge on any atom is 0.0326 e. The highest BCUT2D eigenvalue weighted by molar-refractivity contribution is 5.27. The van der Waals surface area contributed by atoms with Crippen LogP contribution in [0.2, 0.25) is 0 Å². The minimum absolute atomic E-state index is 1.18. The average Bonchev–Trinajstić information content (AvgIpc) is 2.04. The summed E-state index contributed by atoms with van der Waals surface area (Å²) >= 11 is 0. The summed E-state index contributed by atoms with van der Waals surface area (Å²) < 4.78 is 0. The van der Waals surface area contributed by atoms with Crippen molar-refractivity contribution in [2.75, 3.05) is 7.05 Å². The molecule has 1 aliphatic carbocycles. The Morgan fingerprint density at radius 2 is 2.40 bits per heavy atom. The van der Waals surface area contributed by atoms with Gasteiger partial charge in [0.1, 0.15) is 0 Å². The molecule has 0 heterocycles. The van der Waals surface area contributed by atoms with Gasteiger partial charge in [0.05, 0.1) is 0 Å². The van der Waals surface area contributed by atoms with Gasteiger partial charge in [-0.05, 0) is 30.9 Å². The predicted octanol–water partition coefficient (Wildman–Crippen LogP) is 2.22. The van der Waals surface area contributed by atoms with Crippen LogP contribution in [-0.2, 0) is 0 Å². The smallest absolute Gasteiger partial charge is 0.0326 e. The molecule has 0 aromatic carbocycles. The third-order valence-electron chi connectivity index (χ3n) is 1.97. The van der Waals surface area contributed by atoms with Gasteiger partial charge in [-0.3, -0.25) is 0 Å². The van der Waals surface area contributed by atoms with Gasteiger partial charge >= 0.3 is 0 Å². The second kappa shape index (κ2) is 3.45. The van der Waals surface area contributed by atoms with Gasteiger partial charge in [-0.25, -0.2) is 0 Å². The van der Waals surface area contributed by atoms with Crippen molar-refractivity contribution >= 4 is 0 Å². The Morgan fingerprint density at radius 1 is 1.60 bits per heavy atom. The van der Waals surface area contributed by atoms with Crippen molar-refractivity contribution in [3.05, 3.63) is 23.4 Å². The Bertz CT molecular complexity index is 166. The molecule has 0 unspecified atom stereocenters. The Morgan fingerprint density at radius 3 is 2.90 bits per heavy atom. The summed E-state index contributed by atoms with van der Waals surface area (Å²) in [6.45, 7) is 2.21. The fourth-order valence-corrected chi connectivity index (χ4v) is 1.34. The van der Waals surface area contributed by atoms with E-state index >= 15 is 0 Å². The van der Waals surface area contributed by atoms with Crippen LogP contribution in [0.4, 0.5) is 0 Å². The minimum atomic E-state index is 1.18. The number of nitrogens with one attached hydrogen (secondary N) is 1. The molecule has 1 aliphatic rings. The van der Waals surface area contributed by atoms with Crippen molar-refractivity contribution in [3.63, 3.8) is 0 Å². The van der Waals surface area contributed by atoms with Crippen molar-refractivity contribution in [3.8, 4) is 0 Å². The molecule has 1 rings (SSSR count). The molecule has 0 aromatic heterocycles. The second-order valence-corrected chi connectivity index (χ2v) is 2.56. The summed E-state index contributed by atoms with van der Waals surface area (Å²) in [4.78, 5) is 0. The number of rotatable bonds is 2. The van der Waals surface area contributed by atoms with E-state index in [1.54, 1.807) is 5.57 Å². The first kappa shape index (κ1) is 7.39. The molecular weight excluding hydrogens is 122 g/mol. The fourth-order valence-electron chi connectivity index (χ4n) is 1.34. The van der Waals surface area contributed by atoms with E-state index in [-0.39, 0.29) is 0 Å². The number of hydrogen-bond donors (Lipinski definition) is 1. The van der Waals surface area contributed by atoms with E-state index in [0.29, 0.717) is 0 Å². The summed E-state index contributed by atoms with van der Waals surface area (Å²) in [6, 6.07) is 0. The van der Waals surface area contributed by atoms with Crippen molar-refractivity contribution in [2.24, 2.45) is 0 Å². The van der Waals surface area contributed by atoms with E-state index < -0.39 is 0 Å². The maximum absolute atomic E-state index is 3.20. The third kappa shape index (κ3) is 1.41. The molecule has 1 N–H and O–H groups in total. The van der Waals surface area contributed by atoms with E-state index in [4.69, 9.17) is 0 Å². The first-order valence-corrected chi connectivity index (χ1v) is 3.94. The molecule has 0 saturated heterocycles. The van der Waals surface area contributed by atoms with Crippen LogP contribution in [0.25, 0.3) is 0 Å². The summed E-state index contributed by atoms with van der Waals surface area (Å²) in [5.41, 5.74) is 2.89. The quantitative estimate of drug-likeness (QED) is 0.615. The van der Waals surface area contributed by atoms with Gasteiger partial charge in [0.15, 0.2) is 0 Å². The Balaban J connectivity index is 2.73. The molecule has 0 bridgehead atoms.